The molecular formula is C15H17N3OS2. The molecule has 21 heavy (non-hydrogen) atoms. The van der Waals surface area contributed by atoms with E-state index >= 15 is 0 Å². The maximum atomic E-state index is 12.0. The van der Waals surface area contributed by atoms with Crippen molar-refractivity contribution in [2.45, 2.75) is 30.6 Å². The number of nitrogens with one attached hydrogen (secondary N) is 1. The number of aromatic nitrogens is 1. The highest BCUT2D eigenvalue weighted by molar-refractivity contribution is 8.01. The maximum Gasteiger partial charge on any atom is 0.231 e. The molecule has 1 heterocycles. The fraction of sp³-hybridized carbons (Fsp3) is 0.400. The Morgan fingerprint density at radius 1 is 1.52 bits per heavy atom. The van der Waals surface area contributed by atoms with Crippen molar-refractivity contribution in [1.82, 2.24) is 10.3 Å². The van der Waals surface area contributed by atoms with Gasteiger partial charge in [-0.3, -0.25) is 4.79 Å². The third-order valence-electron chi connectivity index (χ3n) is 3.39. The van der Waals surface area contributed by atoms with Gasteiger partial charge in [0, 0.05) is 0 Å². The topological polar surface area (TPSA) is 65.8 Å². The average Bonchev–Trinajstić information content (AvgIpc) is 2.87. The molecule has 1 aromatic carbocycles. The first kappa shape index (κ1) is 15.8. The summed E-state index contributed by atoms with van der Waals surface area (Å²) < 4.78 is 1.99. The van der Waals surface area contributed by atoms with E-state index in [0.717, 1.165) is 14.6 Å². The SMILES string of the molecule is CC(C)[C@](C)(C#N)NC(=O)CSc1nc2ccccc2s1. The minimum absolute atomic E-state index is 0.0545. The van der Waals surface area contributed by atoms with Gasteiger partial charge in [0.1, 0.15) is 5.54 Å². The molecule has 0 spiro atoms. The molecule has 0 bridgehead atoms. The van der Waals surface area contributed by atoms with E-state index in [2.05, 4.69) is 16.4 Å². The minimum Gasteiger partial charge on any atom is -0.337 e. The zero-order valence-electron chi connectivity index (χ0n) is 12.2. The summed E-state index contributed by atoms with van der Waals surface area (Å²) in [4.78, 5) is 16.5. The fourth-order valence-electron chi connectivity index (χ4n) is 1.67. The average molecular weight is 319 g/mol. The highest BCUT2D eigenvalue weighted by Crippen LogP contribution is 2.29. The van der Waals surface area contributed by atoms with Crippen LogP contribution in [0.25, 0.3) is 10.2 Å². The van der Waals surface area contributed by atoms with Gasteiger partial charge in [-0.15, -0.1) is 11.3 Å². The molecule has 0 radical (unpaired) electrons. The van der Waals surface area contributed by atoms with E-state index in [1.54, 1.807) is 18.3 Å². The number of nitriles is 1. The van der Waals surface area contributed by atoms with Crippen LogP contribution in [0.4, 0.5) is 0 Å². The van der Waals surface area contributed by atoms with E-state index in [0.29, 0.717) is 0 Å². The van der Waals surface area contributed by atoms with Gasteiger partial charge in [0.25, 0.3) is 0 Å². The molecule has 6 heteroatoms. The van der Waals surface area contributed by atoms with Crippen LogP contribution in [0.15, 0.2) is 28.6 Å². The second-order valence-corrected chi connectivity index (χ2v) is 7.51. The van der Waals surface area contributed by atoms with Crippen molar-refractivity contribution in [3.8, 4) is 6.07 Å². The summed E-state index contributed by atoms with van der Waals surface area (Å²) in [7, 11) is 0. The first-order valence-corrected chi connectivity index (χ1v) is 8.45. The molecule has 2 aromatic rings. The highest BCUT2D eigenvalue weighted by atomic mass is 32.2. The number of thiazole rings is 1. The molecular weight excluding hydrogens is 302 g/mol. The third-order valence-corrected chi connectivity index (χ3v) is 5.57. The first-order chi connectivity index (χ1) is 9.94. The summed E-state index contributed by atoms with van der Waals surface area (Å²) in [6.07, 6.45) is 0. The summed E-state index contributed by atoms with van der Waals surface area (Å²) in [5.41, 5.74) is 0.125. The lowest BCUT2D eigenvalue weighted by atomic mass is 9.90. The fourth-order valence-corrected chi connectivity index (χ4v) is 3.54. The minimum atomic E-state index is -0.828. The molecule has 0 aliphatic carbocycles. The van der Waals surface area contributed by atoms with Crippen molar-refractivity contribution in [3.05, 3.63) is 24.3 Å². The first-order valence-electron chi connectivity index (χ1n) is 6.65. The summed E-state index contributed by atoms with van der Waals surface area (Å²) in [6.45, 7) is 5.59. The van der Waals surface area contributed by atoms with E-state index in [1.165, 1.54) is 11.8 Å². The van der Waals surface area contributed by atoms with Crippen molar-refractivity contribution >= 4 is 39.2 Å². The van der Waals surface area contributed by atoms with Gasteiger partial charge in [0.05, 0.1) is 22.0 Å². The van der Waals surface area contributed by atoms with Crippen molar-refractivity contribution in [2.75, 3.05) is 5.75 Å². The predicted molar refractivity (Wildman–Crippen MR) is 87.3 cm³/mol. The van der Waals surface area contributed by atoms with Crippen LogP contribution in [0.2, 0.25) is 0 Å². The molecule has 4 nitrogen and oxygen atoms in total. The van der Waals surface area contributed by atoms with Crippen molar-refractivity contribution in [2.24, 2.45) is 5.92 Å². The molecule has 0 unspecified atom stereocenters. The lowest BCUT2D eigenvalue weighted by Gasteiger charge is -2.27. The number of nitrogens with zero attached hydrogens (tertiary/aromatic N) is 2. The molecule has 1 N–H and O–H groups in total. The number of fused-ring (bicyclic) bond motifs is 1. The molecule has 1 atom stereocenters. The van der Waals surface area contributed by atoms with Crippen LogP contribution < -0.4 is 5.32 Å². The van der Waals surface area contributed by atoms with Gasteiger partial charge in [0.2, 0.25) is 5.91 Å². The Morgan fingerprint density at radius 2 is 2.24 bits per heavy atom. The zero-order valence-corrected chi connectivity index (χ0v) is 13.8. The summed E-state index contributed by atoms with van der Waals surface area (Å²) >= 11 is 2.98. The van der Waals surface area contributed by atoms with Crippen molar-refractivity contribution in [1.29, 1.82) is 5.26 Å². The van der Waals surface area contributed by atoms with Crippen molar-refractivity contribution < 1.29 is 4.79 Å². The molecule has 0 aliphatic heterocycles. The van der Waals surface area contributed by atoms with Crippen LogP contribution in [0.3, 0.4) is 0 Å². The van der Waals surface area contributed by atoms with Gasteiger partial charge in [0.15, 0.2) is 4.34 Å². The number of thioether (sulfide) groups is 1. The van der Waals surface area contributed by atoms with E-state index < -0.39 is 5.54 Å². The van der Waals surface area contributed by atoms with Gasteiger partial charge in [-0.1, -0.05) is 37.7 Å². The van der Waals surface area contributed by atoms with Crippen LogP contribution in [0.1, 0.15) is 20.8 Å². The molecule has 0 saturated heterocycles. The van der Waals surface area contributed by atoms with Crippen LogP contribution >= 0.6 is 23.1 Å². The molecule has 1 aromatic heterocycles. The lowest BCUT2D eigenvalue weighted by Crippen LogP contribution is -2.49. The van der Waals surface area contributed by atoms with Gasteiger partial charge in [-0.2, -0.15) is 5.26 Å². The Morgan fingerprint density at radius 3 is 2.86 bits per heavy atom. The zero-order chi connectivity index (χ0) is 15.5. The summed E-state index contributed by atoms with van der Waals surface area (Å²) in [5.74, 6) is 0.181. The number of carbonyl (C=O) groups is 1. The standard InChI is InChI=1S/C15H17N3OS2/c1-10(2)15(3,9-16)18-13(19)8-20-14-17-11-6-4-5-7-12(11)21-14/h4-7,10H,8H2,1-3H3,(H,18,19)/t15-/m0/s1. The summed E-state index contributed by atoms with van der Waals surface area (Å²) in [5, 5.41) is 12.0. The summed E-state index contributed by atoms with van der Waals surface area (Å²) in [6, 6.07) is 10.1. The van der Waals surface area contributed by atoms with Gasteiger partial charge >= 0.3 is 0 Å². The Kier molecular flexibility index (Phi) is 4.86. The van der Waals surface area contributed by atoms with Crippen LogP contribution in [-0.4, -0.2) is 22.2 Å². The maximum absolute atomic E-state index is 12.0. The third kappa shape index (κ3) is 3.74. The Hall–Kier alpha value is -1.58. The quantitative estimate of drug-likeness (QED) is 0.857. The van der Waals surface area contributed by atoms with Gasteiger partial charge < -0.3 is 5.32 Å². The lowest BCUT2D eigenvalue weighted by molar-refractivity contribution is -0.120. The van der Waals surface area contributed by atoms with E-state index in [-0.39, 0.29) is 17.6 Å². The Labute approximate surface area is 132 Å². The Balaban J connectivity index is 1.96. The van der Waals surface area contributed by atoms with Crippen LogP contribution in [0.5, 0.6) is 0 Å². The Bertz CT molecular complexity index is 657. The van der Waals surface area contributed by atoms with E-state index in [1.807, 2.05) is 38.1 Å². The smallest absolute Gasteiger partial charge is 0.231 e. The van der Waals surface area contributed by atoms with Crippen molar-refractivity contribution in [3.63, 3.8) is 0 Å². The largest absolute Gasteiger partial charge is 0.337 e. The van der Waals surface area contributed by atoms with Gasteiger partial charge in [-0.05, 0) is 25.0 Å². The molecule has 0 saturated carbocycles. The van der Waals surface area contributed by atoms with Crippen LogP contribution in [0, 0.1) is 17.2 Å². The molecule has 110 valence electrons. The van der Waals surface area contributed by atoms with E-state index in [4.69, 9.17) is 0 Å². The highest BCUT2D eigenvalue weighted by Gasteiger charge is 2.29. The van der Waals surface area contributed by atoms with Gasteiger partial charge in [-0.25, -0.2) is 4.98 Å². The molecule has 1 amide bonds. The number of hydrogen-bond donors (Lipinski definition) is 1. The normalized spacial score (nSPS) is 13.9. The monoisotopic (exact) mass is 319 g/mol. The second-order valence-electron chi connectivity index (χ2n) is 5.25. The number of benzene rings is 1. The number of carbonyl (C=O) groups excluding carboxylic acids is 1. The van der Waals surface area contributed by atoms with E-state index in [9.17, 15) is 10.1 Å². The van der Waals surface area contributed by atoms with Crippen LogP contribution in [-0.2, 0) is 4.79 Å². The second kappa shape index (κ2) is 6.46. The number of para-hydroxylation sites is 1. The number of hydrogen-bond acceptors (Lipinski definition) is 5. The number of rotatable bonds is 5. The number of amides is 1. The molecule has 0 fully saturated rings. The molecule has 2 rings (SSSR count). The predicted octanol–water partition coefficient (Wildman–Crippen LogP) is 3.44. The molecule has 0 aliphatic rings.